The summed E-state index contributed by atoms with van der Waals surface area (Å²) in [4.78, 5) is 2.60. The van der Waals surface area contributed by atoms with Gasteiger partial charge in [-0.3, -0.25) is 0 Å². The Morgan fingerprint density at radius 2 is 1.95 bits per heavy atom. The van der Waals surface area contributed by atoms with Gasteiger partial charge < -0.3 is 15.0 Å². The highest BCUT2D eigenvalue weighted by molar-refractivity contribution is 5.60. The number of allylic oxidation sites excluding steroid dienone is 1. The molecule has 3 nitrogen and oxygen atoms in total. The van der Waals surface area contributed by atoms with Crippen LogP contribution < -0.4 is 10.1 Å². The number of ether oxygens (including phenoxy) is 1. The van der Waals surface area contributed by atoms with Crippen molar-refractivity contribution in [3.63, 3.8) is 0 Å². The van der Waals surface area contributed by atoms with Crippen LogP contribution in [0.3, 0.4) is 0 Å². The fourth-order valence-corrected chi connectivity index (χ4v) is 3.33. The first-order chi connectivity index (χ1) is 10.8. The summed E-state index contributed by atoms with van der Waals surface area (Å²) in [5, 5.41) is 3.36. The lowest BCUT2D eigenvalue weighted by molar-refractivity contribution is 0.216. The van der Waals surface area contributed by atoms with Crippen LogP contribution in [0.2, 0.25) is 0 Å². The first-order valence-electron chi connectivity index (χ1n) is 8.74. The molecule has 1 N–H and O–H groups in total. The molecule has 1 saturated heterocycles. The monoisotopic (exact) mass is 300 g/mol. The molecule has 0 aliphatic carbocycles. The van der Waals surface area contributed by atoms with Gasteiger partial charge in [0.25, 0.3) is 0 Å². The average Bonchev–Trinajstić information content (AvgIpc) is 2.55. The van der Waals surface area contributed by atoms with Crippen molar-refractivity contribution in [3.8, 4) is 5.75 Å². The highest BCUT2D eigenvalue weighted by Crippen LogP contribution is 2.29. The Labute approximate surface area is 134 Å². The van der Waals surface area contributed by atoms with E-state index >= 15 is 0 Å². The van der Waals surface area contributed by atoms with Crippen LogP contribution in [0.25, 0.3) is 0 Å². The van der Waals surface area contributed by atoms with E-state index in [4.69, 9.17) is 4.74 Å². The van der Waals surface area contributed by atoms with Crippen LogP contribution in [0.5, 0.6) is 5.75 Å². The van der Waals surface area contributed by atoms with Crippen molar-refractivity contribution in [2.24, 2.45) is 0 Å². The van der Waals surface area contributed by atoms with Crippen molar-refractivity contribution in [3.05, 3.63) is 36.0 Å². The molecule has 2 heterocycles. The minimum atomic E-state index is 0.813. The zero-order chi connectivity index (χ0) is 15.2. The molecule has 0 bridgehead atoms. The fourth-order valence-electron chi connectivity index (χ4n) is 3.33. The van der Waals surface area contributed by atoms with Gasteiger partial charge in [0, 0.05) is 17.5 Å². The highest BCUT2D eigenvalue weighted by atomic mass is 16.5. The number of likely N-dealkylation sites (tertiary alicyclic amines) is 1. The van der Waals surface area contributed by atoms with E-state index in [1.807, 2.05) is 0 Å². The minimum Gasteiger partial charge on any atom is -0.494 e. The summed E-state index contributed by atoms with van der Waals surface area (Å²) in [7, 11) is 0. The maximum atomic E-state index is 5.91. The van der Waals surface area contributed by atoms with Gasteiger partial charge in [-0.1, -0.05) is 19.1 Å². The molecule has 0 aromatic heterocycles. The summed E-state index contributed by atoms with van der Waals surface area (Å²) in [6.07, 6.45) is 8.65. The number of nitrogens with one attached hydrogen (secondary N) is 1. The molecule has 3 heteroatoms. The number of hydrogen-bond acceptors (Lipinski definition) is 3. The lowest BCUT2D eigenvalue weighted by atomic mass is 10.0. The lowest BCUT2D eigenvalue weighted by Gasteiger charge is -2.26. The number of fused-ring (bicyclic) bond motifs is 1. The normalized spacial score (nSPS) is 18.6. The zero-order valence-corrected chi connectivity index (χ0v) is 13.6. The second kappa shape index (κ2) is 7.68. The summed E-state index contributed by atoms with van der Waals surface area (Å²) < 4.78 is 5.91. The van der Waals surface area contributed by atoms with Gasteiger partial charge in [-0.2, -0.15) is 0 Å². The molecule has 0 atom stereocenters. The van der Waals surface area contributed by atoms with Crippen LogP contribution in [0, 0.1) is 0 Å². The van der Waals surface area contributed by atoms with E-state index in [0.717, 1.165) is 37.3 Å². The second-order valence-corrected chi connectivity index (χ2v) is 6.51. The van der Waals surface area contributed by atoms with E-state index in [0.29, 0.717) is 0 Å². The summed E-state index contributed by atoms with van der Waals surface area (Å²) in [5.41, 5.74) is 3.64. The number of aryl methyl sites for hydroxylation is 1. The van der Waals surface area contributed by atoms with Crippen LogP contribution >= 0.6 is 0 Å². The van der Waals surface area contributed by atoms with E-state index in [1.54, 1.807) is 0 Å². The van der Waals surface area contributed by atoms with Gasteiger partial charge in [0.05, 0.1) is 6.61 Å². The lowest BCUT2D eigenvalue weighted by Crippen LogP contribution is -2.30. The van der Waals surface area contributed by atoms with E-state index in [1.165, 1.54) is 56.6 Å². The van der Waals surface area contributed by atoms with Crippen LogP contribution in [0.4, 0.5) is 5.69 Å². The Bertz CT molecular complexity index is 506. The van der Waals surface area contributed by atoms with E-state index in [9.17, 15) is 0 Å². The van der Waals surface area contributed by atoms with E-state index in [2.05, 4.69) is 35.0 Å². The van der Waals surface area contributed by atoms with Gasteiger partial charge in [0.1, 0.15) is 5.75 Å². The molecular formula is C19H28N2O. The zero-order valence-electron chi connectivity index (χ0n) is 13.6. The molecule has 120 valence electrons. The third kappa shape index (κ3) is 4.26. The largest absolute Gasteiger partial charge is 0.494 e. The van der Waals surface area contributed by atoms with Crippen molar-refractivity contribution in [2.75, 3.05) is 31.6 Å². The first-order valence-corrected chi connectivity index (χ1v) is 8.74. The van der Waals surface area contributed by atoms with Crippen LogP contribution in [-0.2, 0) is 6.42 Å². The fraction of sp³-hybridized carbons (Fsp3) is 0.579. The topological polar surface area (TPSA) is 24.5 Å². The van der Waals surface area contributed by atoms with Gasteiger partial charge in [-0.05, 0) is 69.8 Å². The van der Waals surface area contributed by atoms with Crippen LogP contribution in [-0.4, -0.2) is 31.1 Å². The summed E-state index contributed by atoms with van der Waals surface area (Å²) in [6, 6.07) is 6.39. The van der Waals surface area contributed by atoms with Crippen molar-refractivity contribution >= 4 is 5.69 Å². The number of benzene rings is 1. The number of anilines is 1. The number of hydrogen-bond donors (Lipinski definition) is 1. The maximum absolute atomic E-state index is 5.91. The average molecular weight is 300 g/mol. The summed E-state index contributed by atoms with van der Waals surface area (Å²) >= 11 is 0. The summed E-state index contributed by atoms with van der Waals surface area (Å²) in [6.45, 7) is 8.65. The number of unbranched alkanes of at least 4 members (excludes halogenated alkanes) is 1. The van der Waals surface area contributed by atoms with Gasteiger partial charge in [-0.25, -0.2) is 0 Å². The second-order valence-electron chi connectivity index (χ2n) is 6.51. The molecule has 0 amide bonds. The molecule has 22 heavy (non-hydrogen) atoms. The third-order valence-electron chi connectivity index (χ3n) is 4.67. The molecule has 1 aromatic carbocycles. The molecule has 0 unspecified atom stereocenters. The number of rotatable bonds is 6. The van der Waals surface area contributed by atoms with E-state index < -0.39 is 0 Å². The molecular weight excluding hydrogens is 272 g/mol. The smallest absolute Gasteiger partial charge is 0.121 e. The Morgan fingerprint density at radius 1 is 1.09 bits per heavy atom. The molecule has 2 aliphatic rings. The van der Waals surface area contributed by atoms with Crippen LogP contribution in [0.1, 0.15) is 44.1 Å². The van der Waals surface area contributed by atoms with Gasteiger partial charge in [-0.15, -0.1) is 0 Å². The molecule has 1 aromatic rings. The SMILES string of the molecule is C=C1CCc2ccc(OCCCCN3CCCCC3)cc2N1. The van der Waals surface area contributed by atoms with Gasteiger partial charge in [0.2, 0.25) is 0 Å². The van der Waals surface area contributed by atoms with Crippen molar-refractivity contribution in [1.82, 2.24) is 4.90 Å². The van der Waals surface area contributed by atoms with Crippen LogP contribution in [0.15, 0.2) is 30.5 Å². The van der Waals surface area contributed by atoms with Crippen molar-refractivity contribution in [1.29, 1.82) is 0 Å². The van der Waals surface area contributed by atoms with Crippen molar-refractivity contribution < 1.29 is 4.74 Å². The van der Waals surface area contributed by atoms with Gasteiger partial charge >= 0.3 is 0 Å². The predicted octanol–water partition coefficient (Wildman–Crippen LogP) is 4.20. The molecule has 0 spiro atoms. The Hall–Kier alpha value is -1.48. The molecule has 2 aliphatic heterocycles. The molecule has 0 radical (unpaired) electrons. The first kappa shape index (κ1) is 15.4. The highest BCUT2D eigenvalue weighted by Gasteiger charge is 2.12. The number of piperidine rings is 1. The predicted molar refractivity (Wildman–Crippen MR) is 92.5 cm³/mol. The summed E-state index contributed by atoms with van der Waals surface area (Å²) in [5.74, 6) is 0.971. The standard InChI is InChI=1S/C19H28N2O/c1-16-7-8-17-9-10-18(15-19(17)20-16)22-14-6-5-13-21-11-3-2-4-12-21/h9-10,15,20H,1-8,11-14H2. The Balaban J connectivity index is 1.38. The quantitative estimate of drug-likeness (QED) is 0.797. The molecule has 1 fully saturated rings. The van der Waals surface area contributed by atoms with Gasteiger partial charge in [0.15, 0.2) is 0 Å². The Morgan fingerprint density at radius 3 is 2.82 bits per heavy atom. The van der Waals surface area contributed by atoms with E-state index in [-0.39, 0.29) is 0 Å². The maximum Gasteiger partial charge on any atom is 0.121 e. The minimum absolute atomic E-state index is 0.813. The molecule has 0 saturated carbocycles. The number of nitrogens with zero attached hydrogens (tertiary/aromatic N) is 1. The third-order valence-corrected chi connectivity index (χ3v) is 4.67. The van der Waals surface area contributed by atoms with Crippen molar-refractivity contribution in [2.45, 2.75) is 44.9 Å². The molecule has 3 rings (SSSR count). The Kier molecular flexibility index (Phi) is 5.38.